The van der Waals surface area contributed by atoms with Crippen molar-refractivity contribution in [2.24, 2.45) is 0 Å². The summed E-state index contributed by atoms with van der Waals surface area (Å²) in [6.45, 7) is -0.290. The van der Waals surface area contributed by atoms with Gasteiger partial charge in [0, 0.05) is 21.9 Å². The molecule has 0 atom stereocenters. The molecule has 0 aliphatic heterocycles. The van der Waals surface area contributed by atoms with Crippen molar-refractivity contribution in [2.75, 3.05) is 17.7 Å². The molecule has 0 saturated carbocycles. The highest BCUT2D eigenvalue weighted by atomic mass is 32.2. The molecule has 3 rings (SSSR count). The molecule has 0 aliphatic rings. The number of amides is 1. The Hall–Kier alpha value is -2.57. The number of ether oxygens (including phenoxy) is 1. The Morgan fingerprint density at radius 2 is 1.74 bits per heavy atom. The number of para-hydroxylation sites is 1. The van der Waals surface area contributed by atoms with Crippen molar-refractivity contribution >= 4 is 40.7 Å². The highest BCUT2D eigenvalue weighted by molar-refractivity contribution is 7.99. The Kier molecular flexibility index (Phi) is 7.07. The summed E-state index contributed by atoms with van der Waals surface area (Å²) < 4.78 is 5.07. The van der Waals surface area contributed by atoms with Crippen molar-refractivity contribution in [2.45, 2.75) is 5.75 Å². The molecule has 1 N–H and O–H groups in total. The summed E-state index contributed by atoms with van der Waals surface area (Å²) in [6.07, 6.45) is 0. The van der Waals surface area contributed by atoms with Gasteiger partial charge in [0.2, 0.25) is 0 Å². The number of thiophene rings is 1. The predicted octanol–water partition coefficient (Wildman–Crippen LogP) is 4.83. The van der Waals surface area contributed by atoms with Crippen molar-refractivity contribution in [3.63, 3.8) is 0 Å². The Morgan fingerprint density at radius 1 is 0.963 bits per heavy atom. The average molecular weight is 398 g/mol. The molecule has 138 valence electrons. The lowest BCUT2D eigenvalue weighted by molar-refractivity contribution is -0.144. The zero-order chi connectivity index (χ0) is 18.9. The first-order valence-corrected chi connectivity index (χ1v) is 10.5. The number of carbonyl (C=O) groups is 2. The molecular formula is C21H19NO3S2. The number of carbonyl (C=O) groups excluding carboxylic acids is 2. The van der Waals surface area contributed by atoms with Gasteiger partial charge in [-0.25, -0.2) is 0 Å². The summed E-state index contributed by atoms with van der Waals surface area (Å²) >= 11 is 3.14. The highest BCUT2D eigenvalue weighted by Gasteiger charge is 2.11. The highest BCUT2D eigenvalue weighted by Crippen LogP contribution is 2.27. The van der Waals surface area contributed by atoms with Crippen molar-refractivity contribution in [3.8, 4) is 11.1 Å². The number of anilines is 1. The third-order valence-electron chi connectivity index (χ3n) is 3.69. The molecule has 0 spiro atoms. The number of benzene rings is 2. The van der Waals surface area contributed by atoms with E-state index in [1.807, 2.05) is 72.1 Å². The SMILES string of the molecule is O=C(COC(=O)CSCc1cccs1)Nc1ccccc1-c1ccccc1. The zero-order valence-corrected chi connectivity index (χ0v) is 16.2. The first kappa shape index (κ1) is 19.2. The minimum Gasteiger partial charge on any atom is -0.455 e. The molecule has 3 aromatic rings. The minimum atomic E-state index is -0.386. The molecule has 1 aromatic heterocycles. The molecule has 2 aromatic carbocycles. The average Bonchev–Trinajstić information content (AvgIpc) is 3.21. The molecule has 0 radical (unpaired) electrons. The molecule has 0 aliphatic carbocycles. The maximum Gasteiger partial charge on any atom is 0.316 e. The van der Waals surface area contributed by atoms with Gasteiger partial charge in [-0.15, -0.1) is 23.1 Å². The van der Waals surface area contributed by atoms with Crippen LogP contribution in [-0.2, 0) is 20.1 Å². The van der Waals surface area contributed by atoms with E-state index in [1.54, 1.807) is 11.3 Å². The van der Waals surface area contributed by atoms with Gasteiger partial charge in [0.05, 0.1) is 5.75 Å². The monoisotopic (exact) mass is 397 g/mol. The molecule has 4 nitrogen and oxygen atoms in total. The lowest BCUT2D eigenvalue weighted by Gasteiger charge is -2.11. The molecule has 0 bridgehead atoms. The lowest BCUT2D eigenvalue weighted by Crippen LogP contribution is -2.22. The van der Waals surface area contributed by atoms with E-state index < -0.39 is 0 Å². The van der Waals surface area contributed by atoms with Crippen LogP contribution in [0.1, 0.15) is 4.88 Å². The molecule has 0 saturated heterocycles. The number of hydrogen-bond acceptors (Lipinski definition) is 5. The predicted molar refractivity (Wildman–Crippen MR) is 112 cm³/mol. The minimum absolute atomic E-state index is 0.228. The fourth-order valence-corrected chi connectivity index (χ4v) is 4.13. The molecule has 1 heterocycles. The van der Waals surface area contributed by atoms with Gasteiger partial charge < -0.3 is 10.1 Å². The third-order valence-corrected chi connectivity index (χ3v) is 5.71. The number of hydrogen-bond donors (Lipinski definition) is 1. The van der Waals surface area contributed by atoms with Gasteiger partial charge >= 0.3 is 5.97 Å². The summed E-state index contributed by atoms with van der Waals surface area (Å²) in [7, 11) is 0. The fourth-order valence-electron chi connectivity index (χ4n) is 2.47. The van der Waals surface area contributed by atoms with Gasteiger partial charge in [0.1, 0.15) is 0 Å². The Labute approximate surface area is 166 Å². The van der Waals surface area contributed by atoms with E-state index >= 15 is 0 Å². The van der Waals surface area contributed by atoms with Crippen LogP contribution in [0.3, 0.4) is 0 Å². The van der Waals surface area contributed by atoms with Gasteiger partial charge in [0.25, 0.3) is 5.91 Å². The van der Waals surface area contributed by atoms with Crippen LogP contribution in [0.15, 0.2) is 72.1 Å². The van der Waals surface area contributed by atoms with Gasteiger partial charge in [-0.3, -0.25) is 9.59 Å². The van der Waals surface area contributed by atoms with Gasteiger partial charge in [-0.05, 0) is 23.1 Å². The normalized spacial score (nSPS) is 10.4. The quantitative estimate of drug-likeness (QED) is 0.553. The first-order valence-electron chi connectivity index (χ1n) is 8.42. The van der Waals surface area contributed by atoms with E-state index in [9.17, 15) is 9.59 Å². The molecule has 27 heavy (non-hydrogen) atoms. The van der Waals surface area contributed by atoms with E-state index in [0.717, 1.165) is 16.9 Å². The van der Waals surface area contributed by atoms with Crippen LogP contribution in [0.25, 0.3) is 11.1 Å². The maximum absolute atomic E-state index is 12.2. The van der Waals surface area contributed by atoms with Crippen LogP contribution in [0.2, 0.25) is 0 Å². The zero-order valence-electron chi connectivity index (χ0n) is 14.6. The third kappa shape index (κ3) is 5.98. The van der Waals surface area contributed by atoms with Crippen LogP contribution in [0, 0.1) is 0 Å². The molecule has 6 heteroatoms. The van der Waals surface area contributed by atoms with Crippen molar-refractivity contribution in [1.29, 1.82) is 0 Å². The fraction of sp³-hybridized carbons (Fsp3) is 0.143. The summed E-state index contributed by atoms with van der Waals surface area (Å²) in [5.74, 6) is 0.257. The number of thioether (sulfide) groups is 1. The van der Waals surface area contributed by atoms with Crippen molar-refractivity contribution < 1.29 is 14.3 Å². The first-order chi connectivity index (χ1) is 13.2. The van der Waals surface area contributed by atoms with Crippen LogP contribution in [-0.4, -0.2) is 24.2 Å². The van der Waals surface area contributed by atoms with Gasteiger partial charge in [-0.2, -0.15) is 0 Å². The van der Waals surface area contributed by atoms with Crippen LogP contribution < -0.4 is 5.32 Å². The smallest absolute Gasteiger partial charge is 0.316 e. The topological polar surface area (TPSA) is 55.4 Å². The van der Waals surface area contributed by atoms with Crippen molar-refractivity contribution in [3.05, 3.63) is 77.0 Å². The molecule has 0 unspecified atom stereocenters. The van der Waals surface area contributed by atoms with E-state index in [-0.39, 0.29) is 24.2 Å². The van der Waals surface area contributed by atoms with Crippen LogP contribution in [0.5, 0.6) is 0 Å². The van der Waals surface area contributed by atoms with Crippen LogP contribution in [0.4, 0.5) is 5.69 Å². The van der Waals surface area contributed by atoms with Crippen LogP contribution >= 0.6 is 23.1 Å². The van der Waals surface area contributed by atoms with E-state index in [1.165, 1.54) is 16.6 Å². The molecule has 0 fully saturated rings. The number of rotatable bonds is 8. The molecular weight excluding hydrogens is 378 g/mol. The Bertz CT molecular complexity index is 879. The van der Waals surface area contributed by atoms with E-state index in [4.69, 9.17) is 4.74 Å². The van der Waals surface area contributed by atoms with Crippen molar-refractivity contribution in [1.82, 2.24) is 0 Å². The number of esters is 1. The molecule has 1 amide bonds. The summed E-state index contributed by atoms with van der Waals surface area (Å²) in [4.78, 5) is 25.2. The lowest BCUT2D eigenvalue weighted by atomic mass is 10.0. The Balaban J connectivity index is 1.47. The summed E-state index contributed by atoms with van der Waals surface area (Å²) in [5, 5.41) is 4.83. The maximum atomic E-state index is 12.2. The number of nitrogens with one attached hydrogen (secondary N) is 1. The summed E-state index contributed by atoms with van der Waals surface area (Å²) in [5.41, 5.74) is 2.62. The standard InChI is InChI=1S/C21H19NO3S2/c23-20(13-25-21(24)15-26-14-17-9-6-12-27-17)22-19-11-5-4-10-18(19)16-7-2-1-3-8-16/h1-12H,13-15H2,(H,22,23). The van der Waals surface area contributed by atoms with Gasteiger partial charge in [0.15, 0.2) is 6.61 Å². The van der Waals surface area contributed by atoms with E-state index in [0.29, 0.717) is 5.69 Å². The Morgan fingerprint density at radius 3 is 2.52 bits per heavy atom. The van der Waals surface area contributed by atoms with E-state index in [2.05, 4.69) is 5.32 Å². The van der Waals surface area contributed by atoms with Gasteiger partial charge in [-0.1, -0.05) is 54.6 Å². The largest absolute Gasteiger partial charge is 0.455 e. The second-order valence-corrected chi connectivity index (χ2v) is 7.71. The summed E-state index contributed by atoms with van der Waals surface area (Å²) in [6, 6.07) is 21.4. The second kappa shape index (κ2) is 9.94. The second-order valence-electron chi connectivity index (χ2n) is 5.69.